The molecule has 2 N–H and O–H groups in total. The molecule has 0 aromatic heterocycles. The molecule has 0 spiro atoms. The molecule has 1 aromatic carbocycles. The van der Waals surface area contributed by atoms with E-state index >= 15 is 0 Å². The molecule has 1 rings (SSSR count). The van der Waals surface area contributed by atoms with Gasteiger partial charge in [-0.2, -0.15) is 0 Å². The van der Waals surface area contributed by atoms with Crippen LogP contribution in [0.3, 0.4) is 0 Å². The first-order valence-electron chi connectivity index (χ1n) is 3.85. The first-order chi connectivity index (χ1) is 5.83. The Balaban J connectivity index is 2.58. The van der Waals surface area contributed by atoms with E-state index in [1.807, 2.05) is 30.3 Å². The third-order valence-electron chi connectivity index (χ3n) is 1.50. The Morgan fingerprint density at radius 3 is 2.50 bits per heavy atom. The summed E-state index contributed by atoms with van der Waals surface area (Å²) < 4.78 is 0. The Kier molecular flexibility index (Phi) is 3.51. The van der Waals surface area contributed by atoms with E-state index in [1.165, 1.54) is 0 Å². The van der Waals surface area contributed by atoms with Gasteiger partial charge in [0.15, 0.2) is 0 Å². The van der Waals surface area contributed by atoms with E-state index in [2.05, 4.69) is 0 Å². The number of aliphatic hydroxyl groups is 2. The minimum atomic E-state index is -0.759. The fourth-order valence-electron chi connectivity index (χ4n) is 0.847. The summed E-state index contributed by atoms with van der Waals surface area (Å²) in [5.41, 5.74) is 1.02. The summed E-state index contributed by atoms with van der Waals surface area (Å²) in [6, 6.07) is 9.64. The summed E-state index contributed by atoms with van der Waals surface area (Å²) in [6.07, 6.45) is 2.58. The van der Waals surface area contributed by atoms with Gasteiger partial charge in [0.2, 0.25) is 0 Å². The van der Waals surface area contributed by atoms with Crippen molar-refractivity contribution in [2.45, 2.75) is 6.10 Å². The third-order valence-corrected chi connectivity index (χ3v) is 1.50. The zero-order valence-electron chi connectivity index (χ0n) is 6.72. The Morgan fingerprint density at radius 1 is 1.25 bits per heavy atom. The van der Waals surface area contributed by atoms with Gasteiger partial charge in [0.25, 0.3) is 0 Å². The van der Waals surface area contributed by atoms with Crippen LogP contribution in [-0.2, 0) is 0 Å². The summed E-state index contributed by atoms with van der Waals surface area (Å²) >= 11 is 0. The number of aliphatic hydroxyl groups excluding tert-OH is 2. The van der Waals surface area contributed by atoms with Crippen molar-refractivity contribution in [2.75, 3.05) is 6.61 Å². The van der Waals surface area contributed by atoms with Gasteiger partial charge in [0, 0.05) is 0 Å². The van der Waals surface area contributed by atoms with Crippen LogP contribution in [0.25, 0.3) is 6.08 Å². The van der Waals surface area contributed by atoms with Gasteiger partial charge in [0.05, 0.1) is 12.7 Å². The predicted molar refractivity (Wildman–Crippen MR) is 48.6 cm³/mol. The second kappa shape index (κ2) is 4.70. The lowest BCUT2D eigenvalue weighted by Gasteiger charge is -1.97. The van der Waals surface area contributed by atoms with Crippen LogP contribution in [0, 0.1) is 0 Å². The lowest BCUT2D eigenvalue weighted by molar-refractivity contribution is 0.131. The highest BCUT2D eigenvalue weighted by atomic mass is 16.3. The molecule has 0 fully saturated rings. The van der Waals surface area contributed by atoms with Gasteiger partial charge >= 0.3 is 0 Å². The van der Waals surface area contributed by atoms with E-state index in [-0.39, 0.29) is 6.61 Å². The smallest absolute Gasteiger partial charge is 0.0954 e. The first kappa shape index (κ1) is 8.97. The Morgan fingerprint density at radius 2 is 1.92 bits per heavy atom. The van der Waals surface area contributed by atoms with Crippen molar-refractivity contribution in [1.29, 1.82) is 0 Å². The molecule has 1 aromatic rings. The summed E-state index contributed by atoms with van der Waals surface area (Å²) in [6.45, 7) is -0.233. The maximum atomic E-state index is 8.98. The minimum absolute atomic E-state index is 0.233. The van der Waals surface area contributed by atoms with E-state index in [9.17, 15) is 0 Å². The molecule has 0 saturated carbocycles. The molecule has 0 bridgehead atoms. The van der Waals surface area contributed by atoms with Crippen LogP contribution in [-0.4, -0.2) is 22.9 Å². The van der Waals surface area contributed by atoms with Crippen molar-refractivity contribution in [3.05, 3.63) is 42.0 Å². The van der Waals surface area contributed by atoms with Crippen LogP contribution in [0.5, 0.6) is 0 Å². The second-order valence-electron chi connectivity index (χ2n) is 2.52. The molecule has 12 heavy (non-hydrogen) atoms. The van der Waals surface area contributed by atoms with Crippen molar-refractivity contribution >= 4 is 6.08 Å². The van der Waals surface area contributed by atoms with Crippen molar-refractivity contribution in [1.82, 2.24) is 0 Å². The molecular weight excluding hydrogens is 152 g/mol. The maximum Gasteiger partial charge on any atom is 0.0954 e. The average Bonchev–Trinajstić information content (AvgIpc) is 2.16. The van der Waals surface area contributed by atoms with Gasteiger partial charge in [-0.1, -0.05) is 42.5 Å². The van der Waals surface area contributed by atoms with Crippen molar-refractivity contribution in [2.24, 2.45) is 0 Å². The molecule has 1 unspecified atom stereocenters. The van der Waals surface area contributed by atoms with E-state index in [0.29, 0.717) is 0 Å². The quantitative estimate of drug-likeness (QED) is 0.701. The van der Waals surface area contributed by atoms with Gasteiger partial charge in [-0.25, -0.2) is 0 Å². The zero-order valence-corrected chi connectivity index (χ0v) is 6.72. The molecule has 0 aliphatic rings. The lowest BCUT2D eigenvalue weighted by atomic mass is 10.2. The summed E-state index contributed by atoms with van der Waals surface area (Å²) in [4.78, 5) is 0. The highest BCUT2D eigenvalue weighted by Crippen LogP contribution is 2.01. The number of hydrogen-bond donors (Lipinski definition) is 2. The molecule has 1 atom stereocenters. The van der Waals surface area contributed by atoms with Crippen LogP contribution in [0.1, 0.15) is 5.56 Å². The topological polar surface area (TPSA) is 40.5 Å². The molecule has 2 nitrogen and oxygen atoms in total. The highest BCUT2D eigenvalue weighted by molar-refractivity contribution is 5.49. The fraction of sp³-hybridized carbons (Fsp3) is 0.200. The molecule has 0 amide bonds. The fourth-order valence-corrected chi connectivity index (χ4v) is 0.847. The normalized spacial score (nSPS) is 13.5. The Bertz CT molecular complexity index is 241. The van der Waals surface area contributed by atoms with Crippen LogP contribution in [0.2, 0.25) is 0 Å². The standard InChI is InChI=1S/C10H12O2/c11-8-10(12)7-6-9-4-2-1-3-5-9/h1-7,10-12H,8H2. The molecule has 0 radical (unpaired) electrons. The number of benzene rings is 1. The van der Waals surface area contributed by atoms with Gasteiger partial charge in [0.1, 0.15) is 0 Å². The predicted octanol–water partition coefficient (Wildman–Crippen LogP) is 1.05. The van der Waals surface area contributed by atoms with Crippen LogP contribution >= 0.6 is 0 Å². The average molecular weight is 164 g/mol. The van der Waals surface area contributed by atoms with Gasteiger partial charge < -0.3 is 10.2 Å². The van der Waals surface area contributed by atoms with Crippen molar-refractivity contribution in [3.8, 4) is 0 Å². The maximum absolute atomic E-state index is 8.98. The number of rotatable bonds is 3. The van der Waals surface area contributed by atoms with E-state index < -0.39 is 6.10 Å². The van der Waals surface area contributed by atoms with Crippen molar-refractivity contribution < 1.29 is 10.2 Å². The molecule has 0 saturated heterocycles. The second-order valence-corrected chi connectivity index (χ2v) is 2.52. The van der Waals surface area contributed by atoms with E-state index in [1.54, 1.807) is 12.2 Å². The molecule has 2 heteroatoms. The summed E-state index contributed by atoms with van der Waals surface area (Å²) in [5, 5.41) is 17.5. The summed E-state index contributed by atoms with van der Waals surface area (Å²) in [7, 11) is 0. The van der Waals surface area contributed by atoms with Crippen LogP contribution in [0.15, 0.2) is 36.4 Å². The Hall–Kier alpha value is -1.12. The van der Waals surface area contributed by atoms with Gasteiger partial charge in [-0.15, -0.1) is 0 Å². The monoisotopic (exact) mass is 164 g/mol. The van der Waals surface area contributed by atoms with Crippen LogP contribution in [0.4, 0.5) is 0 Å². The van der Waals surface area contributed by atoms with Gasteiger partial charge in [-0.05, 0) is 5.56 Å². The summed E-state index contributed by atoms with van der Waals surface area (Å²) in [5.74, 6) is 0. The zero-order chi connectivity index (χ0) is 8.81. The molecule has 0 aliphatic heterocycles. The molecule has 64 valence electrons. The Labute approximate surface area is 71.8 Å². The van der Waals surface area contributed by atoms with E-state index in [4.69, 9.17) is 10.2 Å². The molecule has 0 aliphatic carbocycles. The lowest BCUT2D eigenvalue weighted by Crippen LogP contribution is -2.06. The van der Waals surface area contributed by atoms with Gasteiger partial charge in [-0.3, -0.25) is 0 Å². The van der Waals surface area contributed by atoms with E-state index in [0.717, 1.165) is 5.56 Å². The highest BCUT2D eigenvalue weighted by Gasteiger charge is 1.92. The van der Waals surface area contributed by atoms with Crippen molar-refractivity contribution in [3.63, 3.8) is 0 Å². The third kappa shape index (κ3) is 2.86. The largest absolute Gasteiger partial charge is 0.393 e. The minimum Gasteiger partial charge on any atom is -0.393 e. The van der Waals surface area contributed by atoms with Crippen LogP contribution < -0.4 is 0 Å². The SMILES string of the molecule is OCC(O)C=Cc1ccccc1. The molecule has 0 heterocycles. The number of hydrogen-bond acceptors (Lipinski definition) is 2. The first-order valence-corrected chi connectivity index (χ1v) is 3.85. The molecular formula is C10H12O2.